The van der Waals surface area contributed by atoms with Gasteiger partial charge in [-0.25, -0.2) is 0 Å². The molecule has 0 aromatic heterocycles. The third kappa shape index (κ3) is 6.08. The van der Waals surface area contributed by atoms with Crippen LogP contribution in [-0.2, 0) is 4.79 Å². The van der Waals surface area contributed by atoms with Crippen LogP contribution in [0.2, 0.25) is 0 Å². The molecule has 0 saturated carbocycles. The molecular weight excluding hydrogens is 204 g/mol. The molecule has 4 heteroatoms. The summed E-state index contributed by atoms with van der Waals surface area (Å²) >= 11 is 0. The number of carbonyl (C=O) groups is 1. The van der Waals surface area contributed by atoms with Crippen molar-refractivity contribution < 1.29 is 9.90 Å². The Morgan fingerprint density at radius 2 is 2.00 bits per heavy atom. The fourth-order valence-corrected chi connectivity index (χ4v) is 1.39. The number of nitrogens with two attached hydrogens (primary N) is 1. The van der Waals surface area contributed by atoms with Crippen molar-refractivity contribution in [3.8, 4) is 0 Å². The summed E-state index contributed by atoms with van der Waals surface area (Å²) in [6.45, 7) is 8.81. The summed E-state index contributed by atoms with van der Waals surface area (Å²) < 4.78 is 0. The molecule has 0 aliphatic carbocycles. The van der Waals surface area contributed by atoms with Gasteiger partial charge < -0.3 is 16.2 Å². The molecule has 1 amide bonds. The van der Waals surface area contributed by atoms with E-state index in [9.17, 15) is 4.79 Å². The highest BCUT2D eigenvalue weighted by Crippen LogP contribution is 2.20. The van der Waals surface area contributed by atoms with Gasteiger partial charge in [0.15, 0.2) is 0 Å². The quantitative estimate of drug-likeness (QED) is 0.608. The van der Waals surface area contributed by atoms with Crippen LogP contribution in [-0.4, -0.2) is 30.2 Å². The Balaban J connectivity index is 3.99. The molecule has 16 heavy (non-hydrogen) atoms. The molecule has 0 aliphatic rings. The first-order valence-electron chi connectivity index (χ1n) is 5.94. The molecule has 0 bridgehead atoms. The molecule has 0 spiro atoms. The molecule has 4 N–H and O–H groups in total. The van der Waals surface area contributed by atoms with Gasteiger partial charge in [0.25, 0.3) is 0 Å². The van der Waals surface area contributed by atoms with Crippen LogP contribution >= 0.6 is 0 Å². The summed E-state index contributed by atoms with van der Waals surface area (Å²) in [5.74, 6) is 0.0626. The highest BCUT2D eigenvalue weighted by Gasteiger charge is 2.21. The first-order chi connectivity index (χ1) is 7.30. The van der Waals surface area contributed by atoms with E-state index in [2.05, 4.69) is 19.2 Å². The summed E-state index contributed by atoms with van der Waals surface area (Å²) in [5, 5.41) is 11.6. The van der Waals surface area contributed by atoms with Gasteiger partial charge in [-0.1, -0.05) is 27.7 Å². The zero-order valence-electron chi connectivity index (χ0n) is 10.9. The molecule has 0 radical (unpaired) electrons. The van der Waals surface area contributed by atoms with E-state index < -0.39 is 6.04 Å². The lowest BCUT2D eigenvalue weighted by atomic mass is 9.87. The van der Waals surface area contributed by atoms with Crippen molar-refractivity contribution in [3.05, 3.63) is 0 Å². The number of nitrogens with one attached hydrogen (secondary N) is 1. The fraction of sp³-hybridized carbons (Fsp3) is 0.917. The van der Waals surface area contributed by atoms with Gasteiger partial charge in [-0.2, -0.15) is 0 Å². The average molecular weight is 230 g/mol. The minimum absolute atomic E-state index is 0.00902. The minimum atomic E-state index is -0.436. The summed E-state index contributed by atoms with van der Waals surface area (Å²) in [6, 6.07) is -0.436. The lowest BCUT2D eigenvalue weighted by molar-refractivity contribution is -0.123. The smallest absolute Gasteiger partial charge is 0.237 e. The van der Waals surface area contributed by atoms with Crippen LogP contribution in [0.15, 0.2) is 0 Å². The largest absolute Gasteiger partial charge is 0.396 e. The van der Waals surface area contributed by atoms with Gasteiger partial charge in [0.05, 0.1) is 6.04 Å². The first kappa shape index (κ1) is 15.4. The SMILES string of the molecule is CC(C)C(N)C(=O)NCC(C)(C)CCCO. The summed E-state index contributed by atoms with van der Waals surface area (Å²) in [5.41, 5.74) is 5.75. The maximum Gasteiger partial charge on any atom is 0.237 e. The Bertz CT molecular complexity index is 215. The van der Waals surface area contributed by atoms with Gasteiger partial charge in [0.1, 0.15) is 0 Å². The van der Waals surface area contributed by atoms with Crippen molar-refractivity contribution in [2.45, 2.75) is 46.6 Å². The molecular formula is C12H26N2O2. The van der Waals surface area contributed by atoms with E-state index >= 15 is 0 Å². The van der Waals surface area contributed by atoms with Crippen LogP contribution in [0, 0.1) is 11.3 Å². The minimum Gasteiger partial charge on any atom is -0.396 e. The molecule has 0 aromatic rings. The molecule has 4 nitrogen and oxygen atoms in total. The molecule has 0 heterocycles. The number of aliphatic hydroxyl groups excluding tert-OH is 1. The fourth-order valence-electron chi connectivity index (χ4n) is 1.39. The summed E-state index contributed by atoms with van der Waals surface area (Å²) in [4.78, 5) is 11.6. The number of hydrogen-bond acceptors (Lipinski definition) is 3. The molecule has 0 saturated heterocycles. The van der Waals surface area contributed by atoms with Crippen molar-refractivity contribution in [2.24, 2.45) is 17.1 Å². The molecule has 0 fully saturated rings. The van der Waals surface area contributed by atoms with E-state index in [4.69, 9.17) is 10.8 Å². The number of amides is 1. The summed E-state index contributed by atoms with van der Waals surface area (Å²) in [6.07, 6.45) is 1.65. The molecule has 96 valence electrons. The van der Waals surface area contributed by atoms with Gasteiger partial charge in [-0.05, 0) is 24.2 Å². The number of aliphatic hydroxyl groups is 1. The number of hydrogen-bond donors (Lipinski definition) is 3. The Hall–Kier alpha value is -0.610. The molecule has 0 aliphatic heterocycles. The lowest BCUT2D eigenvalue weighted by Crippen LogP contribution is -2.46. The predicted octanol–water partition coefficient (Wildman–Crippen LogP) is 0.885. The Morgan fingerprint density at radius 3 is 2.44 bits per heavy atom. The van der Waals surface area contributed by atoms with Crippen molar-refractivity contribution in [1.29, 1.82) is 0 Å². The van der Waals surface area contributed by atoms with Crippen molar-refractivity contribution in [2.75, 3.05) is 13.2 Å². The standard InChI is InChI=1S/C12H26N2O2/c1-9(2)10(13)11(16)14-8-12(3,4)6-5-7-15/h9-10,15H,5-8,13H2,1-4H3,(H,14,16). The van der Waals surface area contributed by atoms with Gasteiger partial charge in [0, 0.05) is 13.2 Å². The van der Waals surface area contributed by atoms with Crippen LogP contribution in [0.1, 0.15) is 40.5 Å². The van der Waals surface area contributed by atoms with Crippen LogP contribution in [0.25, 0.3) is 0 Å². The van der Waals surface area contributed by atoms with Crippen LogP contribution in [0.5, 0.6) is 0 Å². The number of rotatable bonds is 7. The molecule has 1 atom stereocenters. The maximum absolute atomic E-state index is 11.6. The van der Waals surface area contributed by atoms with E-state index in [1.54, 1.807) is 0 Å². The van der Waals surface area contributed by atoms with E-state index in [0.29, 0.717) is 6.54 Å². The predicted molar refractivity (Wildman–Crippen MR) is 65.9 cm³/mol. The monoisotopic (exact) mass is 230 g/mol. The second kappa shape index (κ2) is 6.86. The zero-order valence-corrected chi connectivity index (χ0v) is 10.9. The molecule has 0 aromatic carbocycles. The number of carbonyl (C=O) groups excluding carboxylic acids is 1. The van der Waals surface area contributed by atoms with E-state index in [1.165, 1.54) is 0 Å². The molecule has 0 rings (SSSR count). The van der Waals surface area contributed by atoms with Crippen molar-refractivity contribution in [1.82, 2.24) is 5.32 Å². The molecule has 1 unspecified atom stereocenters. The highest BCUT2D eigenvalue weighted by atomic mass is 16.2. The Kier molecular flexibility index (Phi) is 6.60. The van der Waals surface area contributed by atoms with Crippen LogP contribution < -0.4 is 11.1 Å². The van der Waals surface area contributed by atoms with E-state index in [-0.39, 0.29) is 23.8 Å². The third-order valence-electron chi connectivity index (χ3n) is 2.77. The average Bonchev–Trinajstić information content (AvgIpc) is 2.22. The second-order valence-corrected chi connectivity index (χ2v) is 5.48. The van der Waals surface area contributed by atoms with Gasteiger partial charge in [-0.15, -0.1) is 0 Å². The Labute approximate surface area is 98.6 Å². The highest BCUT2D eigenvalue weighted by molar-refractivity contribution is 5.81. The Morgan fingerprint density at radius 1 is 1.44 bits per heavy atom. The normalized spacial score (nSPS) is 13.9. The zero-order chi connectivity index (χ0) is 12.8. The topological polar surface area (TPSA) is 75.4 Å². The van der Waals surface area contributed by atoms with Gasteiger partial charge >= 0.3 is 0 Å². The second-order valence-electron chi connectivity index (χ2n) is 5.48. The van der Waals surface area contributed by atoms with Gasteiger partial charge in [0.2, 0.25) is 5.91 Å². The summed E-state index contributed by atoms with van der Waals surface area (Å²) in [7, 11) is 0. The van der Waals surface area contributed by atoms with Gasteiger partial charge in [-0.3, -0.25) is 4.79 Å². The van der Waals surface area contributed by atoms with Crippen molar-refractivity contribution in [3.63, 3.8) is 0 Å². The van der Waals surface area contributed by atoms with Crippen LogP contribution in [0.3, 0.4) is 0 Å². The van der Waals surface area contributed by atoms with Crippen LogP contribution in [0.4, 0.5) is 0 Å². The van der Waals surface area contributed by atoms with E-state index in [1.807, 2.05) is 13.8 Å². The third-order valence-corrected chi connectivity index (χ3v) is 2.77. The van der Waals surface area contributed by atoms with Crippen molar-refractivity contribution >= 4 is 5.91 Å². The van der Waals surface area contributed by atoms with E-state index in [0.717, 1.165) is 12.8 Å². The lowest BCUT2D eigenvalue weighted by Gasteiger charge is -2.26. The maximum atomic E-state index is 11.6. The first-order valence-corrected chi connectivity index (χ1v) is 5.94.